The quantitative estimate of drug-likeness (QED) is 0.210. The van der Waals surface area contributed by atoms with E-state index in [1.165, 1.54) is 17.7 Å². The van der Waals surface area contributed by atoms with Gasteiger partial charge in [-0.3, -0.25) is 0 Å². The van der Waals surface area contributed by atoms with E-state index in [1.807, 2.05) is 0 Å². The number of morpholine rings is 1. The number of rotatable bonds is 11. The summed E-state index contributed by atoms with van der Waals surface area (Å²) in [6, 6.07) is 8.70. The number of unbranched alkanes of at least 4 members (excludes halogenated alkanes) is 1. The number of hydrogen-bond donors (Lipinski definition) is 2. The van der Waals surface area contributed by atoms with Crippen molar-refractivity contribution < 1.29 is 9.47 Å². The molecule has 0 radical (unpaired) electrons. The molecule has 0 unspecified atom stereocenters. The zero-order valence-corrected chi connectivity index (χ0v) is 19.7. The van der Waals surface area contributed by atoms with Crippen molar-refractivity contribution in [3.63, 3.8) is 0 Å². The van der Waals surface area contributed by atoms with E-state index in [0.29, 0.717) is 6.54 Å². The van der Waals surface area contributed by atoms with Crippen LogP contribution in [0.25, 0.3) is 0 Å². The molecule has 0 aromatic heterocycles. The number of ether oxygens (including phenoxy) is 2. The maximum absolute atomic E-state index is 5.59. The molecule has 1 heterocycles. The second kappa shape index (κ2) is 15.8. The lowest BCUT2D eigenvalue weighted by molar-refractivity contribution is 0.122. The predicted octanol–water partition coefficient (Wildman–Crippen LogP) is 3.40. The number of aliphatic imine (C=N–C) groups is 1. The molecule has 0 atom stereocenters. The molecular weight excluding hydrogens is 467 g/mol. The monoisotopic (exact) mass is 504 g/mol. The van der Waals surface area contributed by atoms with Crippen LogP contribution in [0.3, 0.4) is 0 Å². The Kier molecular flexibility index (Phi) is 14.1. The highest BCUT2D eigenvalue weighted by atomic mass is 127. The SMILES string of the molecule is CCCCOCCCNC(=NCc1ccc(N2CCOCC2)cc1)NCC.I. The largest absolute Gasteiger partial charge is 0.381 e. The smallest absolute Gasteiger partial charge is 0.191 e. The zero-order valence-electron chi connectivity index (χ0n) is 17.4. The van der Waals surface area contributed by atoms with E-state index in [0.717, 1.165) is 71.4 Å². The van der Waals surface area contributed by atoms with Gasteiger partial charge in [-0.25, -0.2) is 4.99 Å². The first-order chi connectivity index (χ1) is 13.3. The van der Waals surface area contributed by atoms with E-state index in [1.54, 1.807) is 0 Å². The lowest BCUT2D eigenvalue weighted by atomic mass is 10.2. The molecule has 6 nitrogen and oxygen atoms in total. The van der Waals surface area contributed by atoms with Crippen LogP contribution in [-0.2, 0) is 16.0 Å². The predicted molar refractivity (Wildman–Crippen MR) is 128 cm³/mol. The van der Waals surface area contributed by atoms with Crippen LogP contribution in [0.4, 0.5) is 5.69 Å². The van der Waals surface area contributed by atoms with Crippen LogP contribution in [-0.4, -0.2) is 58.6 Å². The highest BCUT2D eigenvalue weighted by Gasteiger charge is 2.10. The minimum Gasteiger partial charge on any atom is -0.381 e. The van der Waals surface area contributed by atoms with E-state index < -0.39 is 0 Å². The molecule has 0 amide bonds. The number of benzene rings is 1. The van der Waals surface area contributed by atoms with Crippen LogP contribution >= 0.6 is 24.0 Å². The summed E-state index contributed by atoms with van der Waals surface area (Å²) < 4.78 is 11.0. The van der Waals surface area contributed by atoms with Crippen LogP contribution in [0.5, 0.6) is 0 Å². The number of halogens is 1. The summed E-state index contributed by atoms with van der Waals surface area (Å²) in [7, 11) is 0. The molecule has 1 fully saturated rings. The maximum Gasteiger partial charge on any atom is 0.191 e. The van der Waals surface area contributed by atoms with Gasteiger partial charge < -0.3 is 25.0 Å². The normalized spacial score (nSPS) is 14.5. The van der Waals surface area contributed by atoms with Crippen molar-refractivity contribution in [2.75, 3.05) is 57.5 Å². The van der Waals surface area contributed by atoms with Gasteiger partial charge in [0.2, 0.25) is 0 Å². The highest BCUT2D eigenvalue weighted by Crippen LogP contribution is 2.17. The van der Waals surface area contributed by atoms with Gasteiger partial charge in [-0.05, 0) is 37.5 Å². The number of anilines is 1. The first-order valence-corrected chi connectivity index (χ1v) is 10.3. The molecule has 1 aromatic rings. The van der Waals surface area contributed by atoms with Crippen molar-refractivity contribution in [2.24, 2.45) is 4.99 Å². The molecule has 0 aliphatic carbocycles. The van der Waals surface area contributed by atoms with Crippen molar-refractivity contribution in [1.82, 2.24) is 10.6 Å². The van der Waals surface area contributed by atoms with Gasteiger partial charge in [0, 0.05) is 45.1 Å². The Labute approximate surface area is 187 Å². The van der Waals surface area contributed by atoms with Crippen molar-refractivity contribution in [1.29, 1.82) is 0 Å². The summed E-state index contributed by atoms with van der Waals surface area (Å²) in [4.78, 5) is 7.06. The Hall–Kier alpha value is -1.06. The number of guanidine groups is 1. The van der Waals surface area contributed by atoms with Gasteiger partial charge in [0.25, 0.3) is 0 Å². The molecule has 2 rings (SSSR count). The minimum atomic E-state index is 0. The Bertz CT molecular complexity index is 534. The van der Waals surface area contributed by atoms with Crippen molar-refractivity contribution in [3.05, 3.63) is 29.8 Å². The van der Waals surface area contributed by atoms with Gasteiger partial charge in [-0.15, -0.1) is 24.0 Å². The zero-order chi connectivity index (χ0) is 19.2. The van der Waals surface area contributed by atoms with Gasteiger partial charge >= 0.3 is 0 Å². The van der Waals surface area contributed by atoms with E-state index in [-0.39, 0.29) is 24.0 Å². The Morgan fingerprint density at radius 1 is 1.07 bits per heavy atom. The molecular formula is C21H37IN4O2. The summed E-state index contributed by atoms with van der Waals surface area (Å²) in [6.45, 7) is 11.9. The van der Waals surface area contributed by atoms with Gasteiger partial charge in [-0.1, -0.05) is 25.5 Å². The molecule has 160 valence electrons. The fraction of sp³-hybridized carbons (Fsp3) is 0.667. The molecule has 1 aliphatic rings. The third kappa shape index (κ3) is 9.93. The van der Waals surface area contributed by atoms with Gasteiger partial charge in [-0.2, -0.15) is 0 Å². The molecule has 2 N–H and O–H groups in total. The summed E-state index contributed by atoms with van der Waals surface area (Å²) >= 11 is 0. The Morgan fingerprint density at radius 3 is 2.46 bits per heavy atom. The van der Waals surface area contributed by atoms with Crippen molar-refractivity contribution >= 4 is 35.6 Å². The van der Waals surface area contributed by atoms with Gasteiger partial charge in [0.15, 0.2) is 5.96 Å². The summed E-state index contributed by atoms with van der Waals surface area (Å²) in [5, 5.41) is 6.68. The highest BCUT2D eigenvalue weighted by molar-refractivity contribution is 14.0. The van der Waals surface area contributed by atoms with Crippen LogP contribution < -0.4 is 15.5 Å². The summed E-state index contributed by atoms with van der Waals surface area (Å²) in [5.41, 5.74) is 2.48. The Morgan fingerprint density at radius 2 is 1.79 bits per heavy atom. The molecule has 1 aromatic carbocycles. The fourth-order valence-electron chi connectivity index (χ4n) is 2.88. The molecule has 28 heavy (non-hydrogen) atoms. The number of nitrogens with one attached hydrogen (secondary N) is 2. The van der Waals surface area contributed by atoms with Crippen LogP contribution in [0.15, 0.2) is 29.3 Å². The third-order valence-corrected chi connectivity index (χ3v) is 4.48. The number of nitrogens with zero attached hydrogens (tertiary/aromatic N) is 2. The molecule has 7 heteroatoms. The second-order valence-corrected chi connectivity index (χ2v) is 6.71. The van der Waals surface area contributed by atoms with Crippen molar-refractivity contribution in [2.45, 2.75) is 39.7 Å². The topological polar surface area (TPSA) is 58.1 Å². The third-order valence-electron chi connectivity index (χ3n) is 4.48. The molecule has 1 aliphatic heterocycles. The average Bonchev–Trinajstić information content (AvgIpc) is 2.72. The van der Waals surface area contributed by atoms with E-state index in [4.69, 9.17) is 14.5 Å². The standard InChI is InChI=1S/C21H36N4O2.HI/c1-3-5-14-26-15-6-11-23-21(22-4-2)24-18-19-7-9-20(10-8-19)25-12-16-27-17-13-25;/h7-10H,3-6,11-18H2,1-2H3,(H2,22,23,24);1H. The fourth-order valence-corrected chi connectivity index (χ4v) is 2.88. The minimum absolute atomic E-state index is 0. The second-order valence-electron chi connectivity index (χ2n) is 6.71. The van der Waals surface area contributed by atoms with Gasteiger partial charge in [0.1, 0.15) is 0 Å². The van der Waals surface area contributed by atoms with E-state index in [2.05, 4.69) is 53.6 Å². The van der Waals surface area contributed by atoms with Crippen molar-refractivity contribution in [3.8, 4) is 0 Å². The van der Waals surface area contributed by atoms with Crippen LogP contribution in [0, 0.1) is 0 Å². The van der Waals surface area contributed by atoms with Gasteiger partial charge in [0.05, 0.1) is 19.8 Å². The van der Waals surface area contributed by atoms with Crippen LogP contribution in [0.1, 0.15) is 38.7 Å². The van der Waals surface area contributed by atoms with Crippen LogP contribution in [0.2, 0.25) is 0 Å². The lowest BCUT2D eigenvalue weighted by Gasteiger charge is -2.28. The summed E-state index contributed by atoms with van der Waals surface area (Å²) in [6.07, 6.45) is 3.31. The molecule has 1 saturated heterocycles. The van der Waals surface area contributed by atoms with E-state index >= 15 is 0 Å². The molecule has 0 spiro atoms. The molecule has 0 saturated carbocycles. The average molecular weight is 504 g/mol. The lowest BCUT2D eigenvalue weighted by Crippen LogP contribution is -2.38. The first-order valence-electron chi connectivity index (χ1n) is 10.3. The first kappa shape index (κ1) is 25.0. The number of hydrogen-bond acceptors (Lipinski definition) is 4. The maximum atomic E-state index is 5.59. The summed E-state index contributed by atoms with van der Waals surface area (Å²) in [5.74, 6) is 0.864. The molecule has 0 bridgehead atoms. The Balaban J connectivity index is 0.00000392. The van der Waals surface area contributed by atoms with E-state index in [9.17, 15) is 0 Å².